The normalized spacial score (nSPS) is 15.5. The van der Waals surface area contributed by atoms with Crippen molar-refractivity contribution in [3.8, 4) is 0 Å². The van der Waals surface area contributed by atoms with Crippen LogP contribution in [0.5, 0.6) is 0 Å². The van der Waals surface area contributed by atoms with Crippen LogP contribution in [0, 0.1) is 0 Å². The molecule has 1 amide bonds. The molecule has 0 radical (unpaired) electrons. The molecule has 1 fully saturated rings. The molecule has 0 bridgehead atoms. The average molecular weight is 351 g/mol. The van der Waals surface area contributed by atoms with Crippen molar-refractivity contribution in [3.05, 3.63) is 58.7 Å². The van der Waals surface area contributed by atoms with Crippen molar-refractivity contribution >= 4 is 46.8 Å². The Balaban J connectivity index is 1.66. The Morgan fingerprint density at radius 1 is 1.14 bits per heavy atom. The molecule has 2 heterocycles. The van der Waals surface area contributed by atoms with Gasteiger partial charge in [0.05, 0.1) is 9.60 Å². The van der Waals surface area contributed by atoms with Gasteiger partial charge in [-0.3, -0.25) is 4.79 Å². The topological polar surface area (TPSA) is 42.0 Å². The lowest BCUT2D eigenvalue weighted by Crippen LogP contribution is -2.13. The maximum atomic E-state index is 12.2. The van der Waals surface area contributed by atoms with Gasteiger partial charge in [0.1, 0.15) is 5.82 Å². The molecule has 3 nitrogen and oxygen atoms in total. The lowest BCUT2D eigenvalue weighted by Gasteiger charge is -2.21. The second-order valence-electron chi connectivity index (χ2n) is 4.86. The van der Waals surface area contributed by atoms with E-state index in [-0.39, 0.29) is 5.91 Å². The molecule has 1 aliphatic heterocycles. The largest absolute Gasteiger partial charge is 0.307 e. The molecule has 0 saturated carbocycles. The van der Waals surface area contributed by atoms with Gasteiger partial charge in [-0.2, -0.15) is 0 Å². The zero-order valence-corrected chi connectivity index (χ0v) is 14.2. The van der Waals surface area contributed by atoms with Crippen molar-refractivity contribution in [1.82, 2.24) is 4.98 Å². The molecule has 2 aromatic rings. The number of aromatic nitrogens is 1. The number of thioether (sulfide) groups is 2. The maximum absolute atomic E-state index is 12.2. The first-order valence-corrected chi connectivity index (χ1v) is 9.46. The third-order valence-electron chi connectivity index (χ3n) is 3.24. The zero-order valence-electron chi connectivity index (χ0n) is 11.8. The van der Waals surface area contributed by atoms with Crippen LogP contribution in [-0.4, -0.2) is 22.4 Å². The van der Waals surface area contributed by atoms with Crippen molar-refractivity contribution in [2.24, 2.45) is 0 Å². The predicted octanol–water partition coefficient (Wildman–Crippen LogP) is 4.86. The monoisotopic (exact) mass is 350 g/mol. The summed E-state index contributed by atoms with van der Waals surface area (Å²) in [5, 5.41) is 3.31. The van der Waals surface area contributed by atoms with E-state index in [4.69, 9.17) is 11.6 Å². The summed E-state index contributed by atoms with van der Waals surface area (Å²) in [5.74, 6) is 2.76. The highest BCUT2D eigenvalue weighted by atomic mass is 35.5. The summed E-state index contributed by atoms with van der Waals surface area (Å²) in [4.78, 5) is 16.3. The van der Waals surface area contributed by atoms with Gasteiger partial charge in [-0.1, -0.05) is 23.7 Å². The molecule has 3 rings (SSSR count). The van der Waals surface area contributed by atoms with Crippen LogP contribution in [0.4, 0.5) is 5.82 Å². The van der Waals surface area contributed by atoms with E-state index in [1.807, 2.05) is 47.8 Å². The van der Waals surface area contributed by atoms with Crippen molar-refractivity contribution in [2.45, 2.75) is 11.0 Å². The number of amides is 1. The molecule has 1 aliphatic rings. The second-order valence-corrected chi connectivity index (χ2v) is 8.03. The Morgan fingerprint density at radius 2 is 1.86 bits per heavy atom. The Hall–Kier alpha value is -1.17. The molecule has 1 N–H and O–H groups in total. The molecule has 0 atom stereocenters. The Morgan fingerprint density at radius 3 is 2.50 bits per heavy atom. The van der Waals surface area contributed by atoms with E-state index in [9.17, 15) is 4.79 Å². The average Bonchev–Trinajstić information content (AvgIpc) is 2.58. The minimum absolute atomic E-state index is 0.162. The number of hydrogen-bond acceptors (Lipinski definition) is 4. The molecule has 6 heteroatoms. The standard InChI is InChI=1S/C16H15ClN2OS2/c17-13-6-7-14(18-10-13)19-15(20)11-2-4-12(5-3-11)16-21-8-1-9-22-16/h2-7,10,16H,1,8-9H2,(H,18,19,20). The van der Waals surface area contributed by atoms with Gasteiger partial charge in [-0.15, -0.1) is 23.5 Å². The number of benzene rings is 1. The van der Waals surface area contributed by atoms with Crippen LogP contribution in [0.25, 0.3) is 0 Å². The molecule has 1 aromatic carbocycles. The van der Waals surface area contributed by atoms with Crippen LogP contribution < -0.4 is 5.32 Å². The number of pyridine rings is 1. The number of carbonyl (C=O) groups excluding carboxylic acids is 1. The summed E-state index contributed by atoms with van der Waals surface area (Å²) in [5.41, 5.74) is 1.90. The summed E-state index contributed by atoms with van der Waals surface area (Å²) in [6.07, 6.45) is 2.79. The number of nitrogens with zero attached hydrogens (tertiary/aromatic N) is 1. The number of nitrogens with one attached hydrogen (secondary N) is 1. The SMILES string of the molecule is O=C(Nc1ccc(Cl)cn1)c1ccc(C2SCCCS2)cc1. The second kappa shape index (κ2) is 7.40. The molecule has 0 spiro atoms. The highest BCUT2D eigenvalue weighted by Crippen LogP contribution is 2.43. The predicted molar refractivity (Wildman–Crippen MR) is 95.9 cm³/mol. The van der Waals surface area contributed by atoms with Crippen LogP contribution in [0.2, 0.25) is 5.02 Å². The number of anilines is 1. The summed E-state index contributed by atoms with van der Waals surface area (Å²) >= 11 is 9.73. The first-order chi connectivity index (χ1) is 10.7. The number of hydrogen-bond donors (Lipinski definition) is 1. The molecule has 0 aliphatic carbocycles. The number of carbonyl (C=O) groups is 1. The van der Waals surface area contributed by atoms with Crippen molar-refractivity contribution in [1.29, 1.82) is 0 Å². The van der Waals surface area contributed by atoms with E-state index in [0.29, 0.717) is 21.0 Å². The quantitative estimate of drug-likeness (QED) is 0.858. The van der Waals surface area contributed by atoms with Gasteiger partial charge in [0.25, 0.3) is 5.91 Å². The van der Waals surface area contributed by atoms with Gasteiger partial charge in [-0.25, -0.2) is 4.98 Å². The van der Waals surface area contributed by atoms with Crippen LogP contribution in [0.1, 0.15) is 26.9 Å². The summed E-state index contributed by atoms with van der Waals surface area (Å²) in [6.45, 7) is 0. The summed E-state index contributed by atoms with van der Waals surface area (Å²) in [7, 11) is 0. The van der Waals surface area contributed by atoms with E-state index in [1.165, 1.54) is 29.7 Å². The highest BCUT2D eigenvalue weighted by Gasteiger charge is 2.17. The fourth-order valence-electron chi connectivity index (χ4n) is 2.11. The molecule has 0 unspecified atom stereocenters. The lowest BCUT2D eigenvalue weighted by atomic mass is 10.1. The van der Waals surface area contributed by atoms with E-state index in [2.05, 4.69) is 10.3 Å². The smallest absolute Gasteiger partial charge is 0.256 e. The molecular weight excluding hydrogens is 336 g/mol. The van der Waals surface area contributed by atoms with Gasteiger partial charge in [0.2, 0.25) is 0 Å². The molecule has 22 heavy (non-hydrogen) atoms. The number of halogens is 1. The highest BCUT2D eigenvalue weighted by molar-refractivity contribution is 8.16. The van der Waals surface area contributed by atoms with Crippen molar-refractivity contribution < 1.29 is 4.79 Å². The molecule has 1 aromatic heterocycles. The van der Waals surface area contributed by atoms with Crippen LogP contribution in [0.3, 0.4) is 0 Å². The van der Waals surface area contributed by atoms with Crippen LogP contribution in [0.15, 0.2) is 42.6 Å². The first-order valence-electron chi connectivity index (χ1n) is 6.98. The van der Waals surface area contributed by atoms with Crippen molar-refractivity contribution in [3.63, 3.8) is 0 Å². The van der Waals surface area contributed by atoms with Crippen LogP contribution in [-0.2, 0) is 0 Å². The third-order valence-corrected chi connectivity index (χ3v) is 6.48. The van der Waals surface area contributed by atoms with E-state index >= 15 is 0 Å². The van der Waals surface area contributed by atoms with Gasteiger partial charge in [0.15, 0.2) is 0 Å². The van der Waals surface area contributed by atoms with Gasteiger partial charge in [-0.05, 0) is 47.8 Å². The van der Waals surface area contributed by atoms with Crippen molar-refractivity contribution in [2.75, 3.05) is 16.8 Å². The number of rotatable bonds is 3. The zero-order chi connectivity index (χ0) is 15.4. The fourth-order valence-corrected chi connectivity index (χ4v) is 5.12. The molecular formula is C16H15ClN2OS2. The summed E-state index contributed by atoms with van der Waals surface area (Å²) < 4.78 is 0.490. The van der Waals surface area contributed by atoms with E-state index in [0.717, 1.165) is 0 Å². The first kappa shape index (κ1) is 15.7. The van der Waals surface area contributed by atoms with E-state index < -0.39 is 0 Å². The fraction of sp³-hybridized carbons (Fsp3) is 0.250. The molecule has 114 valence electrons. The van der Waals surface area contributed by atoms with Gasteiger partial charge < -0.3 is 5.32 Å². The maximum Gasteiger partial charge on any atom is 0.256 e. The van der Waals surface area contributed by atoms with E-state index in [1.54, 1.807) is 12.1 Å². The summed E-state index contributed by atoms with van der Waals surface area (Å²) in [6, 6.07) is 11.2. The van der Waals surface area contributed by atoms with Gasteiger partial charge >= 0.3 is 0 Å². The van der Waals surface area contributed by atoms with Gasteiger partial charge in [0, 0.05) is 11.8 Å². The Bertz CT molecular complexity index is 640. The van der Waals surface area contributed by atoms with Crippen LogP contribution >= 0.6 is 35.1 Å². The Labute approximate surface area is 143 Å². The lowest BCUT2D eigenvalue weighted by molar-refractivity contribution is 0.102. The minimum Gasteiger partial charge on any atom is -0.307 e. The third kappa shape index (κ3) is 3.97. The Kier molecular flexibility index (Phi) is 5.28. The minimum atomic E-state index is -0.162. The molecule has 1 saturated heterocycles.